The minimum absolute atomic E-state index is 0.120. The quantitative estimate of drug-likeness (QED) is 0.731. The van der Waals surface area contributed by atoms with Gasteiger partial charge in [-0.2, -0.15) is 0 Å². The summed E-state index contributed by atoms with van der Waals surface area (Å²) in [6.07, 6.45) is 1.80. The van der Waals surface area contributed by atoms with Gasteiger partial charge in [-0.05, 0) is 43.7 Å². The number of fused-ring (bicyclic) bond motifs is 3. The van der Waals surface area contributed by atoms with Gasteiger partial charge >= 0.3 is 0 Å². The van der Waals surface area contributed by atoms with Gasteiger partial charge in [0.05, 0.1) is 34.6 Å². The third-order valence-electron chi connectivity index (χ3n) is 4.77. The number of benzene rings is 2. The zero-order chi connectivity index (χ0) is 19.9. The van der Waals surface area contributed by atoms with Crippen LogP contribution in [0.15, 0.2) is 46.4 Å². The maximum Gasteiger partial charge on any atom is 0.156 e. The van der Waals surface area contributed by atoms with Crippen molar-refractivity contribution < 1.29 is 13.2 Å². The highest BCUT2D eigenvalue weighted by molar-refractivity contribution is 7.91. The molecule has 4 rings (SSSR count). The summed E-state index contributed by atoms with van der Waals surface area (Å²) in [5.74, 6) is 1.78. The molecule has 2 heterocycles. The van der Waals surface area contributed by atoms with Crippen LogP contribution in [0.25, 0.3) is 0 Å². The fourth-order valence-electron chi connectivity index (χ4n) is 3.07. The largest absolute Gasteiger partial charge is 0.456 e. The monoisotopic (exact) mass is 417 g/mol. The van der Waals surface area contributed by atoms with Crippen molar-refractivity contribution in [3.63, 3.8) is 0 Å². The summed E-state index contributed by atoms with van der Waals surface area (Å²) < 4.78 is 30.5. The number of nitrogens with zero attached hydrogens (tertiary/aromatic N) is 3. The van der Waals surface area contributed by atoms with Crippen LogP contribution in [0.5, 0.6) is 11.5 Å². The Labute approximate surface area is 169 Å². The second kappa shape index (κ2) is 7.22. The second-order valence-corrected chi connectivity index (χ2v) is 9.94. The summed E-state index contributed by atoms with van der Waals surface area (Å²) in [5, 5.41) is -0.160. The standard InChI is InChI=1S/C20H20ClN3O3S/c1-13(2)28(25,26)11-14-4-3-5-18(19(14)21)27-15-6-7-17-16(10-15)20-22-8-9-24(20)12-23-17/h3-7,10,12-13H,8-9,11H2,1-2H3. The van der Waals surface area contributed by atoms with Crippen molar-refractivity contribution in [1.29, 1.82) is 0 Å². The van der Waals surface area contributed by atoms with E-state index in [0.29, 0.717) is 22.1 Å². The van der Waals surface area contributed by atoms with E-state index in [1.54, 1.807) is 38.4 Å². The van der Waals surface area contributed by atoms with Crippen molar-refractivity contribution in [2.75, 3.05) is 13.1 Å². The summed E-state index contributed by atoms with van der Waals surface area (Å²) in [7, 11) is -3.26. The minimum Gasteiger partial charge on any atom is -0.456 e. The van der Waals surface area contributed by atoms with E-state index in [4.69, 9.17) is 16.3 Å². The predicted molar refractivity (Wildman–Crippen MR) is 112 cm³/mol. The third-order valence-corrected chi connectivity index (χ3v) is 7.34. The van der Waals surface area contributed by atoms with E-state index in [9.17, 15) is 8.42 Å². The number of hydrogen-bond acceptors (Lipinski definition) is 6. The van der Waals surface area contributed by atoms with E-state index in [2.05, 4.69) is 9.98 Å². The van der Waals surface area contributed by atoms with Crippen LogP contribution in [-0.2, 0) is 15.6 Å². The molecule has 2 aromatic carbocycles. The molecule has 28 heavy (non-hydrogen) atoms. The second-order valence-electron chi connectivity index (χ2n) is 7.01. The van der Waals surface area contributed by atoms with Gasteiger partial charge in [-0.3, -0.25) is 4.99 Å². The molecule has 146 valence electrons. The van der Waals surface area contributed by atoms with Crippen LogP contribution in [0.4, 0.5) is 5.69 Å². The zero-order valence-corrected chi connectivity index (χ0v) is 17.2. The molecule has 0 amide bonds. The molecule has 0 spiro atoms. The van der Waals surface area contributed by atoms with Crippen LogP contribution in [0.3, 0.4) is 0 Å². The van der Waals surface area contributed by atoms with Gasteiger partial charge in [0.1, 0.15) is 17.3 Å². The van der Waals surface area contributed by atoms with E-state index in [1.165, 1.54) is 0 Å². The van der Waals surface area contributed by atoms with Crippen molar-refractivity contribution >= 4 is 39.3 Å². The summed E-state index contributed by atoms with van der Waals surface area (Å²) in [6.45, 7) is 4.88. The lowest BCUT2D eigenvalue weighted by atomic mass is 10.1. The van der Waals surface area contributed by atoms with Crippen LogP contribution in [0.1, 0.15) is 25.0 Å². The van der Waals surface area contributed by atoms with Crippen molar-refractivity contribution in [3.05, 3.63) is 52.5 Å². The number of hydrogen-bond donors (Lipinski definition) is 0. The van der Waals surface area contributed by atoms with Gasteiger partial charge in [-0.1, -0.05) is 23.7 Å². The van der Waals surface area contributed by atoms with Gasteiger partial charge in [0, 0.05) is 12.1 Å². The molecule has 0 bridgehead atoms. The number of aliphatic imine (C=N–C) groups is 2. The Hall–Kier alpha value is -2.38. The summed E-state index contributed by atoms with van der Waals surface area (Å²) in [4.78, 5) is 11.0. The van der Waals surface area contributed by atoms with Crippen LogP contribution in [-0.4, -0.2) is 43.8 Å². The molecule has 6 nitrogen and oxygen atoms in total. The third kappa shape index (κ3) is 3.52. The first kappa shape index (κ1) is 19.0. The van der Waals surface area contributed by atoms with Gasteiger partial charge in [-0.15, -0.1) is 0 Å². The molecule has 0 radical (unpaired) electrons. The molecule has 0 saturated heterocycles. The Morgan fingerprint density at radius 2 is 2.07 bits per heavy atom. The fourth-order valence-corrected chi connectivity index (χ4v) is 4.39. The SMILES string of the molecule is CC(C)S(=O)(=O)Cc1cccc(Oc2ccc3c(c2)C2=NCCN2C=N3)c1Cl. The molecular formula is C20H20ClN3O3S. The molecule has 2 aliphatic rings. The Morgan fingerprint density at radius 1 is 1.25 bits per heavy atom. The number of sulfone groups is 1. The van der Waals surface area contributed by atoms with Crippen LogP contribution in [0.2, 0.25) is 5.02 Å². The van der Waals surface area contributed by atoms with Crippen LogP contribution < -0.4 is 4.74 Å². The van der Waals surface area contributed by atoms with E-state index < -0.39 is 15.1 Å². The fraction of sp³-hybridized carbons (Fsp3) is 0.300. The van der Waals surface area contributed by atoms with E-state index >= 15 is 0 Å². The smallest absolute Gasteiger partial charge is 0.156 e. The molecule has 0 atom stereocenters. The summed E-state index contributed by atoms with van der Waals surface area (Å²) >= 11 is 6.46. The number of rotatable bonds is 5. The van der Waals surface area contributed by atoms with Crippen LogP contribution >= 0.6 is 11.6 Å². The lowest BCUT2D eigenvalue weighted by Crippen LogP contribution is -2.29. The van der Waals surface area contributed by atoms with E-state index in [-0.39, 0.29) is 5.75 Å². The molecule has 8 heteroatoms. The topological polar surface area (TPSA) is 71.3 Å². The maximum atomic E-state index is 12.3. The lowest BCUT2D eigenvalue weighted by Gasteiger charge is -2.21. The molecule has 0 unspecified atom stereocenters. The highest BCUT2D eigenvalue weighted by Crippen LogP contribution is 2.36. The molecule has 2 aromatic rings. The number of ether oxygens (including phenoxy) is 1. The van der Waals surface area contributed by atoms with Gasteiger partial charge in [0.2, 0.25) is 0 Å². The van der Waals surface area contributed by atoms with Crippen molar-refractivity contribution in [1.82, 2.24) is 4.90 Å². The predicted octanol–water partition coefficient (Wildman–Crippen LogP) is 4.19. The van der Waals surface area contributed by atoms with Gasteiger partial charge < -0.3 is 9.64 Å². The lowest BCUT2D eigenvalue weighted by molar-refractivity contribution is 0.482. The van der Waals surface area contributed by atoms with Gasteiger partial charge in [-0.25, -0.2) is 13.4 Å². The maximum absolute atomic E-state index is 12.3. The first-order valence-corrected chi connectivity index (χ1v) is 11.1. The molecular weight excluding hydrogens is 398 g/mol. The summed E-state index contributed by atoms with van der Waals surface area (Å²) in [5.41, 5.74) is 2.28. The van der Waals surface area contributed by atoms with Crippen molar-refractivity contribution in [2.45, 2.75) is 24.9 Å². The highest BCUT2D eigenvalue weighted by Gasteiger charge is 2.24. The minimum atomic E-state index is -3.26. The van der Waals surface area contributed by atoms with E-state index in [1.807, 2.05) is 23.1 Å². The Balaban J connectivity index is 1.63. The first-order valence-electron chi connectivity index (χ1n) is 9.01. The average molecular weight is 418 g/mol. The Bertz CT molecular complexity index is 1090. The first-order chi connectivity index (χ1) is 13.3. The molecule has 0 N–H and O–H groups in total. The Kier molecular flexibility index (Phi) is 4.89. The van der Waals surface area contributed by atoms with Crippen molar-refractivity contribution in [3.8, 4) is 11.5 Å². The summed E-state index contributed by atoms with van der Waals surface area (Å²) in [6, 6.07) is 10.8. The van der Waals surface area contributed by atoms with Gasteiger partial charge in [0.25, 0.3) is 0 Å². The molecule has 0 aliphatic carbocycles. The average Bonchev–Trinajstić information content (AvgIpc) is 3.14. The van der Waals surface area contributed by atoms with E-state index in [0.717, 1.165) is 30.2 Å². The zero-order valence-electron chi connectivity index (χ0n) is 15.6. The number of amidine groups is 1. The number of halogens is 1. The van der Waals surface area contributed by atoms with Crippen LogP contribution in [0, 0.1) is 0 Å². The Morgan fingerprint density at radius 3 is 2.86 bits per heavy atom. The van der Waals surface area contributed by atoms with Gasteiger partial charge in [0.15, 0.2) is 9.84 Å². The highest BCUT2D eigenvalue weighted by atomic mass is 35.5. The normalized spacial score (nSPS) is 15.4. The van der Waals surface area contributed by atoms with Crippen molar-refractivity contribution in [2.24, 2.45) is 9.98 Å². The molecule has 2 aliphatic heterocycles. The molecule has 0 fully saturated rings. The molecule has 0 aromatic heterocycles. The molecule has 0 saturated carbocycles.